The van der Waals surface area contributed by atoms with Gasteiger partial charge in [0.05, 0.1) is 6.54 Å². The maximum Gasteiger partial charge on any atom is 0.387 e. The lowest BCUT2D eigenvalue weighted by atomic mass is 10.00. The SMILES string of the molecule is CN=C(NCC(=O)N1CCc2ccccc2C1)NCc1cc2c(cc1OC(F)F)OCO2.I. The molecule has 33 heavy (non-hydrogen) atoms. The van der Waals surface area contributed by atoms with E-state index in [0.29, 0.717) is 36.1 Å². The van der Waals surface area contributed by atoms with Gasteiger partial charge >= 0.3 is 6.61 Å². The molecule has 2 N–H and O–H groups in total. The molecule has 2 aliphatic heterocycles. The average molecular weight is 574 g/mol. The highest BCUT2D eigenvalue weighted by molar-refractivity contribution is 14.0. The molecule has 8 nitrogen and oxygen atoms in total. The van der Waals surface area contributed by atoms with Gasteiger partial charge in [-0.3, -0.25) is 9.79 Å². The molecule has 4 rings (SSSR count). The smallest absolute Gasteiger partial charge is 0.387 e. The van der Waals surface area contributed by atoms with Gasteiger partial charge in [-0.05, 0) is 23.6 Å². The first kappa shape index (κ1) is 24.8. The summed E-state index contributed by atoms with van der Waals surface area (Å²) in [6.07, 6.45) is 0.825. The van der Waals surface area contributed by atoms with Gasteiger partial charge in [0.1, 0.15) is 5.75 Å². The monoisotopic (exact) mass is 574 g/mol. The normalized spacial score (nSPS) is 14.4. The number of benzene rings is 2. The Bertz CT molecular complexity index is 1020. The summed E-state index contributed by atoms with van der Waals surface area (Å²) in [6.45, 7) is -1.53. The maximum atomic E-state index is 12.8. The lowest BCUT2D eigenvalue weighted by molar-refractivity contribution is -0.130. The van der Waals surface area contributed by atoms with Crippen molar-refractivity contribution in [3.8, 4) is 17.2 Å². The van der Waals surface area contributed by atoms with E-state index in [-0.39, 0.29) is 55.5 Å². The highest BCUT2D eigenvalue weighted by Crippen LogP contribution is 2.38. The predicted octanol–water partition coefficient (Wildman–Crippen LogP) is 2.88. The largest absolute Gasteiger partial charge is 0.454 e. The fourth-order valence-corrected chi connectivity index (χ4v) is 3.69. The minimum Gasteiger partial charge on any atom is -0.454 e. The number of guanidine groups is 1. The molecule has 0 unspecified atom stereocenters. The zero-order valence-electron chi connectivity index (χ0n) is 18.0. The van der Waals surface area contributed by atoms with E-state index in [4.69, 9.17) is 9.47 Å². The molecular formula is C22H25F2IN4O4. The molecule has 11 heteroatoms. The molecule has 0 atom stereocenters. The number of halogens is 3. The fourth-order valence-electron chi connectivity index (χ4n) is 3.69. The van der Waals surface area contributed by atoms with Crippen LogP contribution in [0.5, 0.6) is 17.2 Å². The van der Waals surface area contributed by atoms with E-state index in [9.17, 15) is 13.6 Å². The number of nitrogens with zero attached hydrogens (tertiary/aromatic N) is 2. The van der Waals surface area contributed by atoms with Crippen LogP contribution in [0.2, 0.25) is 0 Å². The van der Waals surface area contributed by atoms with E-state index in [1.54, 1.807) is 18.0 Å². The van der Waals surface area contributed by atoms with E-state index >= 15 is 0 Å². The number of fused-ring (bicyclic) bond motifs is 2. The van der Waals surface area contributed by atoms with Crippen molar-refractivity contribution in [1.29, 1.82) is 0 Å². The van der Waals surface area contributed by atoms with Gasteiger partial charge in [0, 0.05) is 38.3 Å². The molecule has 0 saturated carbocycles. The summed E-state index contributed by atoms with van der Waals surface area (Å²) in [4.78, 5) is 18.6. The van der Waals surface area contributed by atoms with Crippen molar-refractivity contribution in [3.63, 3.8) is 0 Å². The van der Waals surface area contributed by atoms with Crippen LogP contribution < -0.4 is 24.8 Å². The number of nitrogens with one attached hydrogen (secondary N) is 2. The molecule has 0 bridgehead atoms. The van der Waals surface area contributed by atoms with E-state index in [2.05, 4.69) is 26.4 Å². The third-order valence-electron chi connectivity index (χ3n) is 5.33. The standard InChI is InChI=1S/C22H24F2N4O4.HI/c1-25-22(27-11-20(29)28-7-6-14-4-2-3-5-15(14)12-28)26-10-16-8-18-19(31-13-30-18)9-17(16)32-21(23)24;/h2-5,8-9,21H,6-7,10-13H2,1H3,(H2,25,26,27);1H. The zero-order chi connectivity index (χ0) is 22.5. The zero-order valence-corrected chi connectivity index (χ0v) is 20.3. The van der Waals surface area contributed by atoms with Crippen LogP contribution >= 0.6 is 24.0 Å². The number of carbonyl (C=O) groups is 1. The van der Waals surface area contributed by atoms with Gasteiger partial charge in [-0.25, -0.2) is 0 Å². The van der Waals surface area contributed by atoms with Crippen LogP contribution in [-0.4, -0.2) is 50.3 Å². The number of hydrogen-bond donors (Lipinski definition) is 2. The lowest BCUT2D eigenvalue weighted by Crippen LogP contribution is -2.45. The van der Waals surface area contributed by atoms with Crippen LogP contribution in [0.25, 0.3) is 0 Å². The lowest BCUT2D eigenvalue weighted by Gasteiger charge is -2.29. The molecule has 1 amide bonds. The van der Waals surface area contributed by atoms with E-state index < -0.39 is 6.61 Å². The Morgan fingerprint density at radius 1 is 1.18 bits per heavy atom. The molecule has 0 aliphatic carbocycles. The van der Waals surface area contributed by atoms with Gasteiger partial charge in [0.15, 0.2) is 17.5 Å². The van der Waals surface area contributed by atoms with Crippen LogP contribution in [0.3, 0.4) is 0 Å². The highest BCUT2D eigenvalue weighted by atomic mass is 127. The van der Waals surface area contributed by atoms with Gasteiger partial charge in [-0.15, -0.1) is 24.0 Å². The number of rotatable bonds is 6. The van der Waals surface area contributed by atoms with Crippen LogP contribution in [0.1, 0.15) is 16.7 Å². The summed E-state index contributed by atoms with van der Waals surface area (Å²) in [5, 5.41) is 5.99. The Hall–Kier alpha value is -2.83. The van der Waals surface area contributed by atoms with Crippen molar-refractivity contribution in [2.24, 2.45) is 4.99 Å². The minimum absolute atomic E-state index is 0. The molecule has 0 fully saturated rings. The summed E-state index contributed by atoms with van der Waals surface area (Å²) < 4.78 is 40.8. The molecule has 2 heterocycles. The number of aliphatic imine (C=N–C) groups is 1. The van der Waals surface area contributed by atoms with Crippen molar-refractivity contribution in [3.05, 3.63) is 53.1 Å². The fraction of sp³-hybridized carbons (Fsp3) is 0.364. The van der Waals surface area contributed by atoms with Crippen LogP contribution in [0, 0.1) is 0 Å². The van der Waals surface area contributed by atoms with Crippen molar-refractivity contribution in [2.45, 2.75) is 26.1 Å². The summed E-state index contributed by atoms with van der Waals surface area (Å²) in [5.41, 5.74) is 2.87. The second kappa shape index (κ2) is 11.3. The Labute approximate surface area is 207 Å². The number of hydrogen-bond acceptors (Lipinski definition) is 5. The van der Waals surface area contributed by atoms with Crippen LogP contribution in [-0.2, 0) is 24.3 Å². The Balaban J connectivity index is 0.00000306. The average Bonchev–Trinajstić information content (AvgIpc) is 3.25. The second-order valence-corrected chi connectivity index (χ2v) is 7.31. The summed E-state index contributed by atoms with van der Waals surface area (Å²) >= 11 is 0. The maximum absolute atomic E-state index is 12.8. The van der Waals surface area contributed by atoms with E-state index in [0.717, 1.165) is 12.0 Å². The van der Waals surface area contributed by atoms with Crippen LogP contribution in [0.4, 0.5) is 8.78 Å². The summed E-state index contributed by atoms with van der Waals surface area (Å²) in [7, 11) is 1.56. The third kappa shape index (κ3) is 6.15. The first-order valence-electron chi connectivity index (χ1n) is 10.2. The molecule has 0 radical (unpaired) electrons. The predicted molar refractivity (Wildman–Crippen MR) is 128 cm³/mol. The van der Waals surface area contributed by atoms with Crippen molar-refractivity contribution in [2.75, 3.05) is 26.9 Å². The van der Waals surface area contributed by atoms with Gasteiger partial charge in [0.2, 0.25) is 12.7 Å². The van der Waals surface area contributed by atoms with Crippen LogP contribution in [0.15, 0.2) is 41.4 Å². The molecule has 0 aromatic heterocycles. The number of carbonyl (C=O) groups excluding carboxylic acids is 1. The molecule has 0 saturated heterocycles. The first-order valence-corrected chi connectivity index (χ1v) is 10.2. The molecule has 2 aliphatic rings. The van der Waals surface area contributed by atoms with E-state index in [1.165, 1.54) is 11.6 Å². The number of ether oxygens (including phenoxy) is 3. The number of amides is 1. The first-order chi connectivity index (χ1) is 15.5. The van der Waals surface area contributed by atoms with Crippen molar-refractivity contribution in [1.82, 2.24) is 15.5 Å². The van der Waals surface area contributed by atoms with Gasteiger partial charge in [-0.2, -0.15) is 8.78 Å². The van der Waals surface area contributed by atoms with Gasteiger partial charge in [0.25, 0.3) is 0 Å². The minimum atomic E-state index is -2.97. The molecular weight excluding hydrogens is 549 g/mol. The molecule has 2 aromatic rings. The topological polar surface area (TPSA) is 84.4 Å². The molecule has 0 spiro atoms. The van der Waals surface area contributed by atoms with Gasteiger partial charge < -0.3 is 29.7 Å². The summed E-state index contributed by atoms with van der Waals surface area (Å²) in [5.74, 6) is 1.09. The summed E-state index contributed by atoms with van der Waals surface area (Å²) in [6, 6.07) is 11.1. The van der Waals surface area contributed by atoms with Gasteiger partial charge in [-0.1, -0.05) is 24.3 Å². The van der Waals surface area contributed by atoms with Crippen molar-refractivity contribution < 1.29 is 27.8 Å². The van der Waals surface area contributed by atoms with E-state index in [1.807, 2.05) is 18.2 Å². The second-order valence-electron chi connectivity index (χ2n) is 7.31. The highest BCUT2D eigenvalue weighted by Gasteiger charge is 2.22. The Morgan fingerprint density at radius 3 is 2.64 bits per heavy atom. The number of alkyl halides is 2. The van der Waals surface area contributed by atoms with Crippen molar-refractivity contribution >= 4 is 35.8 Å². The molecule has 178 valence electrons. The molecule has 2 aromatic carbocycles. The third-order valence-corrected chi connectivity index (χ3v) is 5.33. The Kier molecular flexibility index (Phi) is 8.53. The quantitative estimate of drug-likeness (QED) is 0.314. The Morgan fingerprint density at radius 2 is 1.91 bits per heavy atom.